The zero-order valence-electron chi connectivity index (χ0n) is 12.7. The second kappa shape index (κ2) is 10.8. The van der Waals surface area contributed by atoms with E-state index in [2.05, 4.69) is 24.1 Å². The van der Waals surface area contributed by atoms with Crippen molar-refractivity contribution in [2.45, 2.75) is 65.2 Å². The fourth-order valence-electron chi connectivity index (χ4n) is 2.99. The van der Waals surface area contributed by atoms with Gasteiger partial charge in [-0.25, -0.2) is 0 Å². The first-order chi connectivity index (χ1) is 8.86. The first kappa shape index (κ1) is 16.0. The van der Waals surface area contributed by atoms with Gasteiger partial charge in [0.2, 0.25) is 0 Å². The standard InChI is InChI=1S/C16H34N2/c1-3-5-6-7-8-9-12-18-13-10-11-16(15-18)14-17-4-2/h16-17H,3-15H2,1-2H3. The fraction of sp³-hybridized carbons (Fsp3) is 1.00. The van der Waals surface area contributed by atoms with Gasteiger partial charge < -0.3 is 10.2 Å². The summed E-state index contributed by atoms with van der Waals surface area (Å²) in [6.45, 7) is 10.9. The molecule has 1 unspecified atom stereocenters. The number of nitrogens with one attached hydrogen (secondary N) is 1. The molecule has 0 bridgehead atoms. The van der Waals surface area contributed by atoms with Gasteiger partial charge in [-0.05, 0) is 51.4 Å². The van der Waals surface area contributed by atoms with Crippen molar-refractivity contribution >= 4 is 0 Å². The largest absolute Gasteiger partial charge is 0.317 e. The highest BCUT2D eigenvalue weighted by molar-refractivity contribution is 4.74. The molecule has 1 aliphatic rings. The lowest BCUT2D eigenvalue weighted by molar-refractivity contribution is 0.170. The van der Waals surface area contributed by atoms with E-state index >= 15 is 0 Å². The molecule has 0 aromatic carbocycles. The summed E-state index contributed by atoms with van der Waals surface area (Å²) in [6.07, 6.45) is 11.4. The zero-order valence-corrected chi connectivity index (χ0v) is 12.7. The van der Waals surface area contributed by atoms with Crippen LogP contribution >= 0.6 is 0 Å². The number of piperidine rings is 1. The van der Waals surface area contributed by atoms with Crippen LogP contribution in [0.4, 0.5) is 0 Å². The Morgan fingerprint density at radius 3 is 2.61 bits per heavy atom. The van der Waals surface area contributed by atoms with E-state index in [1.54, 1.807) is 0 Å². The number of nitrogens with zero attached hydrogens (tertiary/aromatic N) is 1. The van der Waals surface area contributed by atoms with Crippen molar-refractivity contribution in [1.29, 1.82) is 0 Å². The smallest absolute Gasteiger partial charge is 0.00218 e. The van der Waals surface area contributed by atoms with Gasteiger partial charge in [0, 0.05) is 6.54 Å². The minimum absolute atomic E-state index is 0.902. The summed E-state index contributed by atoms with van der Waals surface area (Å²) in [5.41, 5.74) is 0. The lowest BCUT2D eigenvalue weighted by atomic mass is 9.97. The van der Waals surface area contributed by atoms with Crippen LogP contribution in [0.5, 0.6) is 0 Å². The molecule has 1 rings (SSSR count). The van der Waals surface area contributed by atoms with E-state index in [4.69, 9.17) is 0 Å². The molecule has 18 heavy (non-hydrogen) atoms. The van der Waals surface area contributed by atoms with E-state index in [1.807, 2.05) is 0 Å². The van der Waals surface area contributed by atoms with Crippen LogP contribution in [0.25, 0.3) is 0 Å². The Labute approximate surface area is 115 Å². The van der Waals surface area contributed by atoms with Gasteiger partial charge in [0.1, 0.15) is 0 Å². The van der Waals surface area contributed by atoms with E-state index < -0.39 is 0 Å². The topological polar surface area (TPSA) is 15.3 Å². The summed E-state index contributed by atoms with van der Waals surface area (Å²) in [7, 11) is 0. The zero-order chi connectivity index (χ0) is 13.1. The molecule has 1 atom stereocenters. The molecule has 2 heteroatoms. The van der Waals surface area contributed by atoms with Gasteiger partial charge in [-0.15, -0.1) is 0 Å². The molecule has 0 saturated carbocycles. The Morgan fingerprint density at radius 2 is 1.83 bits per heavy atom. The van der Waals surface area contributed by atoms with Gasteiger partial charge >= 0.3 is 0 Å². The van der Waals surface area contributed by atoms with Crippen LogP contribution in [0.1, 0.15) is 65.2 Å². The summed E-state index contributed by atoms with van der Waals surface area (Å²) in [5, 5.41) is 3.50. The van der Waals surface area contributed by atoms with Gasteiger partial charge in [-0.2, -0.15) is 0 Å². The maximum Gasteiger partial charge on any atom is 0.00218 e. The summed E-state index contributed by atoms with van der Waals surface area (Å²) >= 11 is 0. The summed E-state index contributed by atoms with van der Waals surface area (Å²) < 4.78 is 0. The van der Waals surface area contributed by atoms with Crippen molar-refractivity contribution in [1.82, 2.24) is 10.2 Å². The van der Waals surface area contributed by atoms with Crippen LogP contribution in [0.15, 0.2) is 0 Å². The quantitative estimate of drug-likeness (QED) is 0.598. The molecule has 0 radical (unpaired) electrons. The molecule has 0 aromatic rings. The Morgan fingerprint density at radius 1 is 1.06 bits per heavy atom. The van der Waals surface area contributed by atoms with Crippen LogP contribution in [-0.4, -0.2) is 37.6 Å². The number of rotatable bonds is 10. The van der Waals surface area contributed by atoms with Gasteiger partial charge in [-0.3, -0.25) is 0 Å². The third kappa shape index (κ3) is 7.38. The highest BCUT2D eigenvalue weighted by Gasteiger charge is 2.18. The molecule has 0 aromatic heterocycles. The van der Waals surface area contributed by atoms with E-state index in [9.17, 15) is 0 Å². The third-order valence-corrected chi connectivity index (χ3v) is 4.11. The molecule has 0 amide bonds. The minimum atomic E-state index is 0.902. The van der Waals surface area contributed by atoms with Gasteiger partial charge in [0.15, 0.2) is 0 Å². The molecule has 2 nitrogen and oxygen atoms in total. The van der Waals surface area contributed by atoms with Crippen molar-refractivity contribution in [3.63, 3.8) is 0 Å². The lowest BCUT2D eigenvalue weighted by Gasteiger charge is -2.32. The molecule has 0 spiro atoms. The Kier molecular flexibility index (Phi) is 9.59. The number of hydrogen-bond donors (Lipinski definition) is 1. The average molecular weight is 254 g/mol. The van der Waals surface area contributed by atoms with Crippen LogP contribution in [0.3, 0.4) is 0 Å². The molecule has 1 N–H and O–H groups in total. The molecule has 0 aliphatic carbocycles. The van der Waals surface area contributed by atoms with Crippen molar-refractivity contribution in [3.05, 3.63) is 0 Å². The van der Waals surface area contributed by atoms with Gasteiger partial charge in [0.25, 0.3) is 0 Å². The first-order valence-corrected chi connectivity index (χ1v) is 8.29. The Balaban J connectivity index is 2.00. The number of likely N-dealkylation sites (tertiary alicyclic amines) is 1. The molecule has 1 heterocycles. The highest BCUT2D eigenvalue weighted by atomic mass is 15.1. The molecule has 1 fully saturated rings. The van der Waals surface area contributed by atoms with Crippen molar-refractivity contribution in [2.24, 2.45) is 5.92 Å². The first-order valence-electron chi connectivity index (χ1n) is 8.29. The van der Waals surface area contributed by atoms with Gasteiger partial charge in [-0.1, -0.05) is 46.0 Å². The lowest BCUT2D eigenvalue weighted by Crippen LogP contribution is -2.40. The van der Waals surface area contributed by atoms with Crippen LogP contribution in [0, 0.1) is 5.92 Å². The van der Waals surface area contributed by atoms with Crippen LogP contribution in [0.2, 0.25) is 0 Å². The number of hydrogen-bond acceptors (Lipinski definition) is 2. The summed E-state index contributed by atoms with van der Waals surface area (Å²) in [5.74, 6) is 0.902. The van der Waals surface area contributed by atoms with E-state index in [0.29, 0.717) is 0 Å². The average Bonchev–Trinajstić information content (AvgIpc) is 2.41. The molecular weight excluding hydrogens is 220 g/mol. The van der Waals surface area contributed by atoms with Crippen molar-refractivity contribution in [3.8, 4) is 0 Å². The van der Waals surface area contributed by atoms with Crippen LogP contribution < -0.4 is 5.32 Å². The van der Waals surface area contributed by atoms with Crippen molar-refractivity contribution in [2.75, 3.05) is 32.7 Å². The fourth-order valence-corrected chi connectivity index (χ4v) is 2.99. The summed E-state index contributed by atoms with van der Waals surface area (Å²) in [6, 6.07) is 0. The third-order valence-electron chi connectivity index (χ3n) is 4.11. The Hall–Kier alpha value is -0.0800. The molecule has 1 saturated heterocycles. The molecule has 108 valence electrons. The Bertz CT molecular complexity index is 182. The van der Waals surface area contributed by atoms with E-state index in [0.717, 1.165) is 12.5 Å². The monoisotopic (exact) mass is 254 g/mol. The highest BCUT2D eigenvalue weighted by Crippen LogP contribution is 2.16. The minimum Gasteiger partial charge on any atom is -0.317 e. The second-order valence-corrected chi connectivity index (χ2v) is 5.88. The van der Waals surface area contributed by atoms with E-state index in [-0.39, 0.29) is 0 Å². The summed E-state index contributed by atoms with van der Waals surface area (Å²) in [4.78, 5) is 2.70. The van der Waals surface area contributed by atoms with Crippen molar-refractivity contribution < 1.29 is 0 Å². The molecule has 1 aliphatic heterocycles. The maximum atomic E-state index is 3.50. The second-order valence-electron chi connectivity index (χ2n) is 5.88. The maximum absolute atomic E-state index is 3.50. The van der Waals surface area contributed by atoms with Crippen LogP contribution in [-0.2, 0) is 0 Å². The number of unbranched alkanes of at least 4 members (excludes halogenated alkanes) is 5. The van der Waals surface area contributed by atoms with E-state index in [1.165, 1.54) is 77.5 Å². The van der Waals surface area contributed by atoms with Gasteiger partial charge in [0.05, 0.1) is 0 Å². The predicted octanol–water partition coefficient (Wildman–Crippen LogP) is 3.67. The predicted molar refractivity (Wildman–Crippen MR) is 81.1 cm³/mol. The normalized spacial score (nSPS) is 21.3. The molecular formula is C16H34N2. The SMILES string of the molecule is CCCCCCCCN1CCCC(CNCC)C1.